The topological polar surface area (TPSA) is 111 Å². The lowest BCUT2D eigenvalue weighted by Crippen LogP contribution is -2.48. The van der Waals surface area contributed by atoms with Crippen molar-refractivity contribution in [1.29, 1.82) is 0 Å². The van der Waals surface area contributed by atoms with Crippen LogP contribution in [0.4, 0.5) is 10.8 Å². The first-order chi connectivity index (χ1) is 17.3. The van der Waals surface area contributed by atoms with Gasteiger partial charge in [0.25, 0.3) is 15.9 Å². The molecule has 36 heavy (non-hydrogen) atoms. The summed E-state index contributed by atoms with van der Waals surface area (Å²) in [5, 5.41) is 12.1. The zero-order chi connectivity index (χ0) is 25.3. The summed E-state index contributed by atoms with van der Waals surface area (Å²) < 4.78 is 39.1. The van der Waals surface area contributed by atoms with Crippen molar-refractivity contribution >= 4 is 49.7 Å². The lowest BCUT2D eigenvalue weighted by molar-refractivity contribution is -0.122. The summed E-state index contributed by atoms with van der Waals surface area (Å²) in [6.45, 7) is -0.249. The second-order valence-corrected chi connectivity index (χ2v) is 11.0. The first kappa shape index (κ1) is 24.0. The van der Waals surface area contributed by atoms with Crippen molar-refractivity contribution < 1.29 is 22.7 Å². The fourth-order valence-electron chi connectivity index (χ4n) is 3.62. The molecule has 0 saturated carbocycles. The number of fused-ring (bicyclic) bond motifs is 1. The van der Waals surface area contributed by atoms with Crippen LogP contribution in [-0.2, 0) is 14.8 Å². The van der Waals surface area contributed by atoms with Crippen LogP contribution < -0.4 is 19.1 Å². The zero-order valence-electron chi connectivity index (χ0n) is 18.8. The Morgan fingerprint density at radius 1 is 1.11 bits per heavy atom. The molecule has 4 aromatic rings. The zero-order valence-corrected chi connectivity index (χ0v) is 21.2. The van der Waals surface area contributed by atoms with Crippen molar-refractivity contribution in [2.75, 3.05) is 23.3 Å². The van der Waals surface area contributed by atoms with Crippen LogP contribution in [0.2, 0.25) is 5.02 Å². The maximum Gasteiger partial charge on any atom is 0.269 e. The highest BCUT2D eigenvalue weighted by atomic mass is 35.5. The maximum absolute atomic E-state index is 13.5. The highest BCUT2D eigenvalue weighted by Gasteiger charge is 2.38. The van der Waals surface area contributed by atoms with Crippen LogP contribution in [0.1, 0.15) is 0 Å². The summed E-state index contributed by atoms with van der Waals surface area (Å²) in [5.41, 5.74) is 1.07. The van der Waals surface area contributed by atoms with Gasteiger partial charge in [-0.25, -0.2) is 8.42 Å². The fourth-order valence-corrected chi connectivity index (χ4v) is 6.03. The molecule has 1 aliphatic rings. The molecule has 1 amide bonds. The van der Waals surface area contributed by atoms with E-state index in [9.17, 15) is 13.2 Å². The van der Waals surface area contributed by atoms with Gasteiger partial charge in [0.05, 0.1) is 24.2 Å². The standard InChI is InChI=1S/C24H19ClN4O5S2/c1-33-17-10-7-15(8-11-17)23-27-28-24(35-23)26-22(30)21-14-29(19-13-16(25)9-12-20(19)34-21)36(31,32)18-5-3-2-4-6-18/h2-13,21H,14H2,1H3,(H,26,28,30)/t21-/m1/s1. The smallest absolute Gasteiger partial charge is 0.269 e. The number of anilines is 2. The number of ether oxygens (including phenoxy) is 2. The number of sulfonamides is 1. The molecule has 1 aliphatic heterocycles. The molecule has 0 unspecified atom stereocenters. The van der Waals surface area contributed by atoms with Crippen molar-refractivity contribution in [3.63, 3.8) is 0 Å². The van der Waals surface area contributed by atoms with Crippen molar-refractivity contribution in [3.8, 4) is 22.1 Å². The number of hydrogen-bond donors (Lipinski definition) is 1. The van der Waals surface area contributed by atoms with Gasteiger partial charge < -0.3 is 9.47 Å². The first-order valence-corrected chi connectivity index (χ1v) is 13.3. The second kappa shape index (κ2) is 9.76. The Labute approximate surface area is 216 Å². The largest absolute Gasteiger partial charge is 0.497 e. The number of benzene rings is 3. The third-order valence-corrected chi connectivity index (χ3v) is 8.32. The predicted molar refractivity (Wildman–Crippen MR) is 137 cm³/mol. The van der Waals surface area contributed by atoms with Crippen molar-refractivity contribution in [3.05, 3.63) is 77.8 Å². The molecule has 0 spiro atoms. The van der Waals surface area contributed by atoms with E-state index in [4.69, 9.17) is 21.1 Å². The maximum atomic E-state index is 13.5. The molecule has 1 aromatic heterocycles. The number of amides is 1. The van der Waals surface area contributed by atoms with Gasteiger partial charge in [-0.2, -0.15) is 0 Å². The number of carbonyl (C=O) groups is 1. The minimum absolute atomic E-state index is 0.0882. The summed E-state index contributed by atoms with van der Waals surface area (Å²) in [7, 11) is -2.41. The van der Waals surface area contributed by atoms with E-state index >= 15 is 0 Å². The molecule has 9 nitrogen and oxygen atoms in total. The number of nitrogens with one attached hydrogen (secondary N) is 1. The molecule has 0 radical (unpaired) electrons. The number of halogens is 1. The molecular weight excluding hydrogens is 524 g/mol. The molecule has 12 heteroatoms. The van der Waals surface area contributed by atoms with Gasteiger partial charge >= 0.3 is 0 Å². The van der Waals surface area contributed by atoms with E-state index in [1.165, 1.54) is 35.6 Å². The molecule has 0 saturated heterocycles. The fraction of sp³-hybridized carbons (Fsp3) is 0.125. The van der Waals surface area contributed by atoms with Crippen molar-refractivity contribution in [1.82, 2.24) is 10.2 Å². The minimum Gasteiger partial charge on any atom is -0.497 e. The Bertz CT molecular complexity index is 1510. The van der Waals surface area contributed by atoms with Crippen LogP contribution in [-0.4, -0.2) is 44.3 Å². The normalized spacial score (nSPS) is 15.1. The van der Waals surface area contributed by atoms with Gasteiger partial charge in [0, 0.05) is 10.6 Å². The number of aromatic nitrogens is 2. The number of methoxy groups -OCH3 is 1. The molecule has 1 N–H and O–H groups in total. The monoisotopic (exact) mass is 542 g/mol. The van der Waals surface area contributed by atoms with Gasteiger partial charge in [-0.3, -0.25) is 14.4 Å². The van der Waals surface area contributed by atoms with Gasteiger partial charge in [0.15, 0.2) is 6.10 Å². The molecule has 184 valence electrons. The molecule has 0 aliphatic carbocycles. The summed E-state index contributed by atoms with van der Waals surface area (Å²) >= 11 is 7.32. The Balaban J connectivity index is 1.40. The highest BCUT2D eigenvalue weighted by Crippen LogP contribution is 2.39. The minimum atomic E-state index is -3.99. The Kier molecular flexibility index (Phi) is 6.52. The van der Waals surface area contributed by atoms with E-state index in [-0.39, 0.29) is 28.0 Å². The summed E-state index contributed by atoms with van der Waals surface area (Å²) in [6, 6.07) is 19.9. The van der Waals surface area contributed by atoms with Crippen LogP contribution in [0.15, 0.2) is 77.7 Å². The highest BCUT2D eigenvalue weighted by molar-refractivity contribution is 7.92. The average molecular weight is 543 g/mol. The summed E-state index contributed by atoms with van der Waals surface area (Å²) in [6.07, 6.45) is -1.13. The predicted octanol–water partition coefficient (Wildman–Crippen LogP) is 4.46. The Morgan fingerprint density at radius 2 is 1.86 bits per heavy atom. The van der Waals surface area contributed by atoms with E-state index in [1.54, 1.807) is 43.5 Å². The number of carbonyl (C=O) groups excluding carboxylic acids is 1. The van der Waals surface area contributed by atoms with Crippen LogP contribution >= 0.6 is 22.9 Å². The van der Waals surface area contributed by atoms with Crippen molar-refractivity contribution in [2.24, 2.45) is 0 Å². The van der Waals surface area contributed by atoms with E-state index in [2.05, 4.69) is 15.5 Å². The van der Waals surface area contributed by atoms with E-state index in [0.29, 0.717) is 15.8 Å². The number of hydrogen-bond acceptors (Lipinski definition) is 8. The van der Waals surface area contributed by atoms with Crippen molar-refractivity contribution in [2.45, 2.75) is 11.0 Å². The molecule has 5 rings (SSSR count). The molecule has 3 aromatic carbocycles. The van der Waals surface area contributed by atoms with Crippen LogP contribution in [0, 0.1) is 0 Å². The SMILES string of the molecule is COc1ccc(-c2nnc(NC(=O)[C@H]3CN(S(=O)(=O)c4ccccc4)c4cc(Cl)ccc4O3)s2)cc1. The van der Waals surface area contributed by atoms with Crippen LogP contribution in [0.25, 0.3) is 10.6 Å². The van der Waals surface area contributed by atoms with Gasteiger partial charge in [-0.15, -0.1) is 10.2 Å². The molecular formula is C24H19ClN4O5S2. The Hall–Kier alpha value is -3.67. The lowest BCUT2D eigenvalue weighted by Gasteiger charge is -2.34. The third-order valence-electron chi connectivity index (χ3n) is 5.41. The second-order valence-electron chi connectivity index (χ2n) is 7.70. The van der Waals surface area contributed by atoms with Gasteiger partial charge in [-0.1, -0.05) is 41.1 Å². The molecule has 0 bridgehead atoms. The van der Waals surface area contributed by atoms with E-state index in [0.717, 1.165) is 9.87 Å². The van der Waals surface area contributed by atoms with Crippen LogP contribution in [0.3, 0.4) is 0 Å². The average Bonchev–Trinajstić information content (AvgIpc) is 3.37. The quantitative estimate of drug-likeness (QED) is 0.383. The number of rotatable bonds is 6. The van der Waals surface area contributed by atoms with Gasteiger partial charge in [-0.05, 0) is 54.6 Å². The first-order valence-electron chi connectivity index (χ1n) is 10.7. The number of nitrogens with zero attached hydrogens (tertiary/aromatic N) is 3. The van der Waals surface area contributed by atoms with E-state index < -0.39 is 22.0 Å². The van der Waals surface area contributed by atoms with E-state index in [1.807, 2.05) is 12.1 Å². The molecule has 2 heterocycles. The summed E-state index contributed by atoms with van der Waals surface area (Å²) in [5.74, 6) is 0.380. The Morgan fingerprint density at radius 3 is 2.58 bits per heavy atom. The van der Waals surface area contributed by atoms with Gasteiger partial charge in [0.1, 0.15) is 16.5 Å². The van der Waals surface area contributed by atoms with Gasteiger partial charge in [0.2, 0.25) is 5.13 Å². The lowest BCUT2D eigenvalue weighted by atomic mass is 10.2. The van der Waals surface area contributed by atoms with Crippen LogP contribution in [0.5, 0.6) is 11.5 Å². The molecule has 0 fully saturated rings. The molecule has 1 atom stereocenters. The third kappa shape index (κ3) is 4.72. The summed E-state index contributed by atoms with van der Waals surface area (Å²) in [4.78, 5) is 13.2.